The number of rotatable bonds is 4. The summed E-state index contributed by atoms with van der Waals surface area (Å²) in [6, 6.07) is 4.13. The summed E-state index contributed by atoms with van der Waals surface area (Å²) in [5.41, 5.74) is 0.293. The third-order valence-electron chi connectivity index (χ3n) is 5.80. The van der Waals surface area contributed by atoms with Gasteiger partial charge in [0.05, 0.1) is 25.8 Å². The smallest absolute Gasteiger partial charge is 0.273 e. The van der Waals surface area contributed by atoms with Crippen molar-refractivity contribution in [3.63, 3.8) is 0 Å². The molecule has 4 heterocycles. The lowest BCUT2D eigenvalue weighted by Gasteiger charge is -2.27. The van der Waals surface area contributed by atoms with Gasteiger partial charge in [-0.3, -0.25) is 24.2 Å². The number of carbonyl (C=O) groups excluding carboxylic acids is 4. The molecule has 3 saturated heterocycles. The van der Waals surface area contributed by atoms with Gasteiger partial charge in [-0.15, -0.1) is 0 Å². The van der Waals surface area contributed by atoms with E-state index in [4.69, 9.17) is 4.74 Å². The van der Waals surface area contributed by atoms with Crippen LogP contribution < -0.4 is 0 Å². The van der Waals surface area contributed by atoms with Crippen LogP contribution >= 0.6 is 0 Å². The molecule has 3 fully saturated rings. The molecule has 1 aromatic heterocycles. The van der Waals surface area contributed by atoms with E-state index in [0.717, 1.165) is 0 Å². The number of pyridine rings is 1. The van der Waals surface area contributed by atoms with Gasteiger partial charge in [-0.25, -0.2) is 0 Å². The minimum absolute atomic E-state index is 0.0127. The Hall–Kier alpha value is -2.81. The lowest BCUT2D eigenvalue weighted by Crippen LogP contribution is -2.44. The molecule has 1 aromatic rings. The summed E-state index contributed by atoms with van der Waals surface area (Å²) < 4.78 is 5.23. The maximum absolute atomic E-state index is 12.7. The number of aromatic nitrogens is 1. The molecule has 3 amide bonds. The molecule has 154 valence electrons. The highest BCUT2D eigenvalue weighted by Crippen LogP contribution is 2.31. The summed E-state index contributed by atoms with van der Waals surface area (Å²) >= 11 is 0. The molecular weight excluding hydrogens is 376 g/mol. The number of ether oxygens (including phenoxy) is 1. The number of carbonyl (C=O) groups is 4. The van der Waals surface area contributed by atoms with Crippen molar-refractivity contribution >= 4 is 23.5 Å². The molecule has 0 bridgehead atoms. The number of morpholine rings is 1. The molecule has 0 aliphatic carbocycles. The van der Waals surface area contributed by atoms with E-state index in [9.17, 15) is 19.2 Å². The Balaban J connectivity index is 1.37. The fourth-order valence-electron chi connectivity index (χ4n) is 4.34. The van der Waals surface area contributed by atoms with Crippen molar-refractivity contribution in [1.82, 2.24) is 19.7 Å². The number of fused-ring (bicyclic) bond motifs is 1. The first kappa shape index (κ1) is 19.5. The average molecular weight is 400 g/mol. The van der Waals surface area contributed by atoms with Gasteiger partial charge in [0, 0.05) is 38.7 Å². The van der Waals surface area contributed by atoms with Crippen LogP contribution in [0.25, 0.3) is 0 Å². The molecule has 0 spiro atoms. The van der Waals surface area contributed by atoms with Crippen LogP contribution in [0.1, 0.15) is 29.8 Å². The summed E-state index contributed by atoms with van der Waals surface area (Å²) in [5.74, 6) is -0.699. The molecular formula is C20H24N4O5. The van der Waals surface area contributed by atoms with Gasteiger partial charge in [-0.2, -0.15) is 0 Å². The van der Waals surface area contributed by atoms with Crippen LogP contribution in [0.15, 0.2) is 24.4 Å². The molecule has 0 saturated carbocycles. The summed E-state index contributed by atoms with van der Waals surface area (Å²) in [6.45, 7) is 2.53. The normalized spacial score (nSPS) is 24.0. The molecule has 2 atom stereocenters. The molecule has 29 heavy (non-hydrogen) atoms. The topological polar surface area (TPSA) is 100 Å². The number of nitrogens with zero attached hydrogens (tertiary/aromatic N) is 4. The van der Waals surface area contributed by atoms with Crippen LogP contribution in [-0.2, 0) is 19.1 Å². The molecule has 2 unspecified atom stereocenters. The van der Waals surface area contributed by atoms with Gasteiger partial charge in [0.25, 0.3) is 5.91 Å². The van der Waals surface area contributed by atoms with E-state index in [1.54, 1.807) is 34.2 Å². The highest BCUT2D eigenvalue weighted by atomic mass is 16.5. The second-order valence-corrected chi connectivity index (χ2v) is 7.50. The van der Waals surface area contributed by atoms with Crippen LogP contribution in [-0.4, -0.2) is 94.7 Å². The second kappa shape index (κ2) is 8.28. The van der Waals surface area contributed by atoms with E-state index in [-0.39, 0.29) is 48.9 Å². The maximum atomic E-state index is 12.7. The van der Waals surface area contributed by atoms with Crippen molar-refractivity contribution in [3.8, 4) is 0 Å². The molecule has 3 aliphatic heterocycles. The number of amides is 3. The first-order valence-electron chi connectivity index (χ1n) is 9.96. The van der Waals surface area contributed by atoms with E-state index in [2.05, 4.69) is 4.98 Å². The molecule has 3 aliphatic rings. The summed E-state index contributed by atoms with van der Waals surface area (Å²) in [7, 11) is 0. The zero-order valence-electron chi connectivity index (χ0n) is 16.2. The number of Topliss-reactive ketones (excluding diaryl/α,β-unsaturated/α-hetero) is 1. The van der Waals surface area contributed by atoms with Crippen LogP contribution in [0, 0.1) is 0 Å². The van der Waals surface area contributed by atoms with E-state index >= 15 is 0 Å². The van der Waals surface area contributed by atoms with Gasteiger partial charge < -0.3 is 19.4 Å². The molecule has 9 heteroatoms. The largest absolute Gasteiger partial charge is 0.378 e. The average Bonchev–Trinajstić information content (AvgIpc) is 3.34. The zero-order chi connectivity index (χ0) is 20.4. The number of ketones is 1. The third-order valence-corrected chi connectivity index (χ3v) is 5.80. The maximum Gasteiger partial charge on any atom is 0.273 e. The first-order chi connectivity index (χ1) is 14.1. The minimum atomic E-state index is -0.617. The predicted molar refractivity (Wildman–Crippen MR) is 101 cm³/mol. The highest BCUT2D eigenvalue weighted by Gasteiger charge is 2.51. The Morgan fingerprint density at radius 2 is 1.79 bits per heavy atom. The van der Waals surface area contributed by atoms with Gasteiger partial charge in [-0.1, -0.05) is 6.07 Å². The number of hydrogen-bond acceptors (Lipinski definition) is 6. The van der Waals surface area contributed by atoms with Gasteiger partial charge in [0.15, 0.2) is 5.78 Å². The Morgan fingerprint density at radius 3 is 2.52 bits per heavy atom. The number of hydrogen-bond donors (Lipinski definition) is 0. The quantitative estimate of drug-likeness (QED) is 0.689. The van der Waals surface area contributed by atoms with Gasteiger partial charge >= 0.3 is 0 Å². The van der Waals surface area contributed by atoms with Crippen molar-refractivity contribution in [1.29, 1.82) is 0 Å². The van der Waals surface area contributed by atoms with Gasteiger partial charge in [-0.05, 0) is 18.6 Å². The summed E-state index contributed by atoms with van der Waals surface area (Å²) in [5, 5.41) is 0. The molecule has 9 nitrogen and oxygen atoms in total. The van der Waals surface area contributed by atoms with Crippen LogP contribution in [0.3, 0.4) is 0 Å². The zero-order valence-corrected chi connectivity index (χ0v) is 16.2. The third kappa shape index (κ3) is 3.87. The van der Waals surface area contributed by atoms with Crippen LogP contribution in [0.2, 0.25) is 0 Å². The molecule has 0 aromatic carbocycles. The Morgan fingerprint density at radius 1 is 1.03 bits per heavy atom. The monoisotopic (exact) mass is 400 g/mol. The van der Waals surface area contributed by atoms with Crippen molar-refractivity contribution in [2.45, 2.75) is 31.3 Å². The lowest BCUT2D eigenvalue weighted by atomic mass is 10.1. The Labute approximate surface area is 168 Å². The lowest BCUT2D eigenvalue weighted by molar-refractivity contribution is -0.140. The fourth-order valence-corrected chi connectivity index (χ4v) is 4.34. The molecule has 4 rings (SSSR count). The molecule has 0 N–H and O–H groups in total. The van der Waals surface area contributed by atoms with E-state index in [1.165, 1.54) is 4.90 Å². The Kier molecular flexibility index (Phi) is 5.57. The van der Waals surface area contributed by atoms with Gasteiger partial charge in [0.1, 0.15) is 11.7 Å². The van der Waals surface area contributed by atoms with Crippen molar-refractivity contribution in [3.05, 3.63) is 30.1 Å². The standard InChI is InChI=1S/C20H24N4O5/c25-16-13-24(20(28)14-3-1-2-7-21-14)15-6-8-23(19(15)16)18(27)5-4-17(26)22-9-11-29-12-10-22/h1-3,7,15,19H,4-6,8-13H2. The SMILES string of the molecule is O=C1CN(C(=O)c2ccccn2)C2CCN(C(=O)CCC(=O)N3CCOCC3)C12. The summed E-state index contributed by atoms with van der Waals surface area (Å²) in [6.07, 6.45) is 2.29. The predicted octanol–water partition coefficient (Wildman–Crippen LogP) is -0.285. The highest BCUT2D eigenvalue weighted by molar-refractivity contribution is 6.01. The minimum Gasteiger partial charge on any atom is -0.378 e. The van der Waals surface area contributed by atoms with Crippen LogP contribution in [0.4, 0.5) is 0 Å². The molecule has 0 radical (unpaired) electrons. The van der Waals surface area contributed by atoms with Crippen molar-refractivity contribution < 1.29 is 23.9 Å². The van der Waals surface area contributed by atoms with Crippen molar-refractivity contribution in [2.75, 3.05) is 39.4 Å². The van der Waals surface area contributed by atoms with E-state index < -0.39 is 6.04 Å². The fraction of sp³-hybridized carbons (Fsp3) is 0.550. The van der Waals surface area contributed by atoms with E-state index in [0.29, 0.717) is 45.0 Å². The second-order valence-electron chi connectivity index (χ2n) is 7.50. The van der Waals surface area contributed by atoms with Crippen LogP contribution in [0.5, 0.6) is 0 Å². The summed E-state index contributed by atoms with van der Waals surface area (Å²) in [4.78, 5) is 59.2. The van der Waals surface area contributed by atoms with E-state index in [1.807, 2.05) is 0 Å². The first-order valence-corrected chi connectivity index (χ1v) is 9.96. The van der Waals surface area contributed by atoms with Crippen molar-refractivity contribution in [2.24, 2.45) is 0 Å². The number of likely N-dealkylation sites (tertiary alicyclic amines) is 2. The van der Waals surface area contributed by atoms with Gasteiger partial charge in [0.2, 0.25) is 11.8 Å². The Bertz CT molecular complexity index is 808.